The molecular weight excluding hydrogens is 589 g/mol. The zero-order chi connectivity index (χ0) is 31.3. The van der Waals surface area contributed by atoms with Crippen molar-refractivity contribution >= 4 is 33.4 Å². The van der Waals surface area contributed by atoms with Gasteiger partial charge >= 0.3 is 6.01 Å². The Balaban J connectivity index is 1.31. The molecule has 7 rings (SSSR count). The predicted octanol–water partition coefficient (Wildman–Crippen LogP) is 4.27. The summed E-state index contributed by atoms with van der Waals surface area (Å²) < 4.78 is 57.6. The van der Waals surface area contributed by atoms with Crippen LogP contribution in [0.5, 0.6) is 11.8 Å². The number of aryl methyl sites for hydroxylation is 1. The van der Waals surface area contributed by atoms with E-state index in [0.29, 0.717) is 42.3 Å². The number of morpholine rings is 1. The largest absolute Gasteiger partial charge is 0.508 e. The van der Waals surface area contributed by atoms with Crippen molar-refractivity contribution in [1.82, 2.24) is 25.2 Å². The zero-order valence-corrected chi connectivity index (χ0v) is 24.7. The number of halogens is 3. The summed E-state index contributed by atoms with van der Waals surface area (Å²) in [5, 5.41) is 17.7. The molecule has 0 radical (unpaired) electrons. The van der Waals surface area contributed by atoms with Crippen LogP contribution in [0.2, 0.25) is 0 Å². The highest BCUT2D eigenvalue weighted by Crippen LogP contribution is 2.41. The molecule has 1 amide bonds. The monoisotopic (exact) mass is 622 g/mol. The molecule has 3 N–H and O–H groups in total. The Kier molecular flexibility index (Phi) is 7.60. The van der Waals surface area contributed by atoms with Crippen molar-refractivity contribution < 1.29 is 32.5 Å². The minimum Gasteiger partial charge on any atom is -0.508 e. The van der Waals surface area contributed by atoms with Crippen LogP contribution in [0.1, 0.15) is 31.7 Å². The van der Waals surface area contributed by atoms with Gasteiger partial charge in [0.1, 0.15) is 48.0 Å². The quantitative estimate of drug-likeness (QED) is 0.265. The molecule has 0 saturated carbocycles. The third-order valence-corrected chi connectivity index (χ3v) is 9.13. The summed E-state index contributed by atoms with van der Waals surface area (Å²) >= 11 is 0. The number of phenolic OH excluding ortho intramolecular Hbond substituents is 1. The maximum atomic E-state index is 16.6. The maximum Gasteiger partial charge on any atom is 0.319 e. The fraction of sp³-hybridized carbons (Fsp3) is 0.438. The number of hydrogen-bond donors (Lipinski definition) is 3. The number of fused-ring (bicyclic) bond motifs is 3. The summed E-state index contributed by atoms with van der Waals surface area (Å²) in [7, 11) is 0. The molecule has 10 nitrogen and oxygen atoms in total. The number of nitrogens with one attached hydrogen (secondary N) is 2. The van der Waals surface area contributed by atoms with E-state index in [1.54, 1.807) is 6.92 Å². The second kappa shape index (κ2) is 11.6. The van der Waals surface area contributed by atoms with E-state index in [-0.39, 0.29) is 71.5 Å². The summed E-state index contributed by atoms with van der Waals surface area (Å²) in [6.45, 7) is 3.55. The van der Waals surface area contributed by atoms with E-state index in [4.69, 9.17) is 9.47 Å². The Bertz CT molecular complexity index is 1800. The first-order valence-corrected chi connectivity index (χ1v) is 15.2. The van der Waals surface area contributed by atoms with E-state index in [2.05, 4.69) is 30.5 Å². The van der Waals surface area contributed by atoms with Crippen LogP contribution in [0.4, 0.5) is 19.0 Å². The van der Waals surface area contributed by atoms with E-state index >= 15 is 4.39 Å². The van der Waals surface area contributed by atoms with E-state index in [9.17, 15) is 18.7 Å². The number of benzene rings is 2. The number of nitrogens with zero attached hydrogens (tertiary/aromatic N) is 4. The van der Waals surface area contributed by atoms with Crippen molar-refractivity contribution in [3.8, 4) is 23.0 Å². The molecule has 4 aromatic rings. The number of carbonyl (C=O) groups excluding carboxylic acids is 1. The van der Waals surface area contributed by atoms with Gasteiger partial charge in [-0.25, -0.2) is 13.2 Å². The van der Waals surface area contributed by atoms with Gasteiger partial charge in [-0.1, -0.05) is 13.0 Å². The van der Waals surface area contributed by atoms with E-state index in [1.807, 2.05) is 0 Å². The van der Waals surface area contributed by atoms with Crippen molar-refractivity contribution in [1.29, 1.82) is 0 Å². The summed E-state index contributed by atoms with van der Waals surface area (Å²) in [5.74, 6) is -1.32. The smallest absolute Gasteiger partial charge is 0.319 e. The lowest BCUT2D eigenvalue weighted by Crippen LogP contribution is -2.45. The lowest BCUT2D eigenvalue weighted by molar-refractivity contribution is -0.132. The first kappa shape index (κ1) is 29.5. The Morgan fingerprint density at radius 1 is 1.27 bits per heavy atom. The molecule has 2 aromatic carbocycles. The maximum absolute atomic E-state index is 16.6. The highest BCUT2D eigenvalue weighted by atomic mass is 19.1. The fourth-order valence-corrected chi connectivity index (χ4v) is 6.98. The molecule has 13 heteroatoms. The second-order valence-electron chi connectivity index (χ2n) is 12.0. The van der Waals surface area contributed by atoms with E-state index < -0.39 is 23.3 Å². The molecule has 0 bridgehead atoms. The van der Waals surface area contributed by atoms with Crippen LogP contribution in [0.25, 0.3) is 32.9 Å². The van der Waals surface area contributed by atoms with Gasteiger partial charge in [-0.2, -0.15) is 9.97 Å². The number of aromatic nitrogens is 3. The van der Waals surface area contributed by atoms with Crippen LogP contribution in [-0.4, -0.2) is 88.1 Å². The van der Waals surface area contributed by atoms with Crippen LogP contribution in [0.15, 0.2) is 30.5 Å². The van der Waals surface area contributed by atoms with Gasteiger partial charge in [0.25, 0.3) is 0 Å². The molecule has 3 fully saturated rings. The first-order valence-electron chi connectivity index (χ1n) is 15.2. The molecule has 2 aromatic heterocycles. The van der Waals surface area contributed by atoms with Crippen molar-refractivity contribution in [2.75, 3.05) is 44.7 Å². The Labute approximate surface area is 257 Å². The van der Waals surface area contributed by atoms with Crippen molar-refractivity contribution in [3.05, 3.63) is 47.7 Å². The van der Waals surface area contributed by atoms with Gasteiger partial charge in [0.15, 0.2) is 5.82 Å². The minimum absolute atomic E-state index is 0.0723. The number of anilines is 1. The molecule has 0 spiro atoms. The Hall–Kier alpha value is -4.23. The van der Waals surface area contributed by atoms with Gasteiger partial charge in [0.2, 0.25) is 5.91 Å². The number of aromatic hydroxyl groups is 1. The SMILES string of the molecule is CCc1c(F)ccc2cc(O)cc(-c3ncc4c(NCC5CNC(=O)CO5)nc(OC[C@@]56CCCN5C[C@H](F)C6)nc4c3F)c12. The van der Waals surface area contributed by atoms with Crippen LogP contribution < -0.4 is 15.4 Å². The first-order chi connectivity index (χ1) is 21.7. The number of pyridine rings is 1. The van der Waals surface area contributed by atoms with Gasteiger partial charge in [0, 0.05) is 37.8 Å². The fourth-order valence-electron chi connectivity index (χ4n) is 6.98. The van der Waals surface area contributed by atoms with E-state index in [0.717, 1.165) is 19.4 Å². The topological polar surface area (TPSA) is 122 Å². The summed E-state index contributed by atoms with van der Waals surface area (Å²) in [5.41, 5.74) is -0.0764. The number of hydrogen-bond acceptors (Lipinski definition) is 9. The standard InChI is InChI=1S/C32H33F3N6O4/c1-2-21-24(34)5-4-17-8-19(42)9-22(26(17)21)28-27(35)29-23(13-37-28)30(38-12-20-11-36-25(43)15-44-20)40-31(39-29)45-16-32-6-3-7-41(32)14-18(33)10-32/h4-5,8-9,13,18,20,42H,2-3,6-7,10-12,14-16H2,1H3,(H,36,43)(H,38,39,40)/t18-,20?,32+/m1/s1. The molecule has 3 aliphatic rings. The second-order valence-corrected chi connectivity index (χ2v) is 12.0. The van der Waals surface area contributed by atoms with Gasteiger partial charge in [-0.05, 0) is 60.3 Å². The number of carbonyl (C=O) groups is 1. The normalized spacial score (nSPS) is 23.4. The zero-order valence-electron chi connectivity index (χ0n) is 24.7. The molecule has 45 heavy (non-hydrogen) atoms. The van der Waals surface area contributed by atoms with Gasteiger partial charge in [0.05, 0.1) is 17.0 Å². The van der Waals surface area contributed by atoms with Crippen LogP contribution in [0.3, 0.4) is 0 Å². The molecule has 3 saturated heterocycles. The number of alkyl halides is 1. The van der Waals surface area contributed by atoms with Crippen LogP contribution in [0, 0.1) is 11.6 Å². The number of rotatable bonds is 8. The molecule has 1 unspecified atom stereocenters. The Morgan fingerprint density at radius 2 is 2.13 bits per heavy atom. The van der Waals surface area contributed by atoms with Gasteiger partial charge in [-0.15, -0.1) is 0 Å². The lowest BCUT2D eigenvalue weighted by Gasteiger charge is -2.30. The van der Waals surface area contributed by atoms with Crippen LogP contribution >= 0.6 is 0 Å². The summed E-state index contributed by atoms with van der Waals surface area (Å²) in [6, 6.07) is 5.63. The minimum atomic E-state index is -0.944. The average molecular weight is 623 g/mol. The van der Waals surface area contributed by atoms with Gasteiger partial charge in [-0.3, -0.25) is 14.7 Å². The Morgan fingerprint density at radius 3 is 2.93 bits per heavy atom. The lowest BCUT2D eigenvalue weighted by atomic mass is 9.94. The molecule has 5 heterocycles. The van der Waals surface area contributed by atoms with Crippen molar-refractivity contribution in [3.63, 3.8) is 0 Å². The highest BCUT2D eigenvalue weighted by Gasteiger charge is 2.49. The molecular formula is C32H33F3N6O4. The molecule has 236 valence electrons. The van der Waals surface area contributed by atoms with Crippen LogP contribution in [-0.2, 0) is 16.0 Å². The summed E-state index contributed by atoms with van der Waals surface area (Å²) in [4.78, 5) is 27.0. The number of phenols is 1. The number of amides is 1. The number of ether oxygens (including phenoxy) is 2. The third-order valence-electron chi connectivity index (χ3n) is 9.13. The van der Waals surface area contributed by atoms with Crippen molar-refractivity contribution in [2.24, 2.45) is 0 Å². The van der Waals surface area contributed by atoms with Gasteiger partial charge < -0.3 is 25.2 Å². The molecule has 0 aliphatic carbocycles. The highest BCUT2D eigenvalue weighted by molar-refractivity contribution is 6.01. The predicted molar refractivity (Wildman–Crippen MR) is 161 cm³/mol. The van der Waals surface area contributed by atoms with Crippen molar-refractivity contribution in [2.45, 2.75) is 50.4 Å². The van der Waals surface area contributed by atoms with E-state index in [1.165, 1.54) is 30.5 Å². The third kappa shape index (κ3) is 5.37. The molecule has 3 aliphatic heterocycles. The summed E-state index contributed by atoms with van der Waals surface area (Å²) in [6.07, 6.45) is 2.52. The average Bonchev–Trinajstić information content (AvgIpc) is 3.55. The molecule has 3 atom stereocenters.